The molecule has 0 aliphatic carbocycles. The molecule has 0 bridgehead atoms. The van der Waals surface area contributed by atoms with Crippen LogP contribution in [0.15, 0.2) is 67.0 Å². The molecule has 0 saturated heterocycles. The van der Waals surface area contributed by atoms with Crippen molar-refractivity contribution in [2.45, 2.75) is 18.8 Å². The van der Waals surface area contributed by atoms with E-state index in [-0.39, 0.29) is 11.8 Å². The highest BCUT2D eigenvalue weighted by Gasteiger charge is 2.18. The van der Waals surface area contributed by atoms with E-state index in [0.29, 0.717) is 6.42 Å². The van der Waals surface area contributed by atoms with Crippen LogP contribution in [0.4, 0.5) is 0 Å². The zero-order valence-electron chi connectivity index (χ0n) is 14.1. The van der Waals surface area contributed by atoms with E-state index in [1.165, 1.54) is 21.9 Å². The molecule has 1 heterocycles. The molecular formula is C21H22N2O. The van der Waals surface area contributed by atoms with Gasteiger partial charge in [0.15, 0.2) is 0 Å². The maximum atomic E-state index is 12.3. The van der Waals surface area contributed by atoms with Gasteiger partial charge in [-0.25, -0.2) is 0 Å². The standard InChI is InChI=1S/C21H22N2O/c1-23(2)21(24)15-20(13-16-9-11-22-12-10-16)19-8-7-17-5-3-4-6-18(17)14-19/h3-12,14,20H,13,15H2,1-2H3. The second-order valence-corrected chi connectivity index (χ2v) is 6.36. The summed E-state index contributed by atoms with van der Waals surface area (Å²) in [5.74, 6) is 0.314. The van der Waals surface area contributed by atoms with Gasteiger partial charge in [0.2, 0.25) is 5.91 Å². The first-order chi connectivity index (χ1) is 11.6. The molecule has 1 unspecified atom stereocenters. The topological polar surface area (TPSA) is 33.2 Å². The molecule has 0 spiro atoms. The van der Waals surface area contributed by atoms with E-state index in [1.807, 2.05) is 32.3 Å². The van der Waals surface area contributed by atoms with Crippen LogP contribution < -0.4 is 0 Å². The highest BCUT2D eigenvalue weighted by atomic mass is 16.2. The lowest BCUT2D eigenvalue weighted by atomic mass is 9.88. The summed E-state index contributed by atoms with van der Waals surface area (Å²) in [5.41, 5.74) is 2.41. The highest BCUT2D eigenvalue weighted by molar-refractivity contribution is 5.83. The van der Waals surface area contributed by atoms with Crippen LogP contribution in [-0.2, 0) is 11.2 Å². The van der Waals surface area contributed by atoms with Gasteiger partial charge in [0, 0.05) is 32.9 Å². The maximum Gasteiger partial charge on any atom is 0.222 e. The molecule has 0 radical (unpaired) electrons. The van der Waals surface area contributed by atoms with Crippen LogP contribution >= 0.6 is 0 Å². The van der Waals surface area contributed by atoms with Gasteiger partial charge in [-0.05, 0) is 46.4 Å². The molecule has 3 aromatic rings. The first-order valence-corrected chi connectivity index (χ1v) is 8.21. The number of hydrogen-bond acceptors (Lipinski definition) is 2. The number of nitrogens with zero attached hydrogens (tertiary/aromatic N) is 2. The summed E-state index contributed by atoms with van der Waals surface area (Å²) in [6, 6.07) is 18.9. The van der Waals surface area contributed by atoms with Crippen molar-refractivity contribution in [3.63, 3.8) is 0 Å². The lowest BCUT2D eigenvalue weighted by Gasteiger charge is -2.20. The van der Waals surface area contributed by atoms with E-state index in [1.54, 1.807) is 17.3 Å². The average molecular weight is 318 g/mol. The summed E-state index contributed by atoms with van der Waals surface area (Å²) in [4.78, 5) is 18.0. The van der Waals surface area contributed by atoms with E-state index < -0.39 is 0 Å². The third-order valence-electron chi connectivity index (χ3n) is 4.40. The Labute approximate surface area is 143 Å². The Morgan fingerprint density at radius 3 is 2.42 bits per heavy atom. The van der Waals surface area contributed by atoms with E-state index in [2.05, 4.69) is 41.4 Å². The van der Waals surface area contributed by atoms with E-state index in [9.17, 15) is 4.79 Å². The average Bonchev–Trinajstić information content (AvgIpc) is 2.61. The summed E-state index contributed by atoms with van der Waals surface area (Å²) in [5, 5.41) is 2.44. The normalized spacial score (nSPS) is 12.1. The molecule has 1 amide bonds. The fourth-order valence-corrected chi connectivity index (χ4v) is 2.97. The van der Waals surface area contributed by atoms with Crippen LogP contribution in [0.1, 0.15) is 23.5 Å². The summed E-state index contributed by atoms with van der Waals surface area (Å²) >= 11 is 0. The summed E-state index contributed by atoms with van der Waals surface area (Å²) in [7, 11) is 3.62. The molecule has 0 fully saturated rings. The van der Waals surface area contributed by atoms with Gasteiger partial charge < -0.3 is 4.90 Å². The van der Waals surface area contributed by atoms with Crippen molar-refractivity contribution in [1.29, 1.82) is 0 Å². The van der Waals surface area contributed by atoms with Gasteiger partial charge in [-0.1, -0.05) is 42.5 Å². The first kappa shape index (κ1) is 16.2. The van der Waals surface area contributed by atoms with Gasteiger partial charge >= 0.3 is 0 Å². The van der Waals surface area contributed by atoms with Crippen LogP contribution in [0.3, 0.4) is 0 Å². The van der Waals surface area contributed by atoms with Gasteiger partial charge in [0.1, 0.15) is 0 Å². The number of hydrogen-bond donors (Lipinski definition) is 0. The third-order valence-corrected chi connectivity index (χ3v) is 4.40. The van der Waals surface area contributed by atoms with Crippen molar-refractivity contribution in [3.8, 4) is 0 Å². The Balaban J connectivity index is 1.93. The van der Waals surface area contributed by atoms with Crippen LogP contribution in [0.25, 0.3) is 10.8 Å². The van der Waals surface area contributed by atoms with E-state index >= 15 is 0 Å². The fraction of sp³-hybridized carbons (Fsp3) is 0.238. The maximum absolute atomic E-state index is 12.3. The molecule has 1 atom stereocenters. The smallest absolute Gasteiger partial charge is 0.222 e. The van der Waals surface area contributed by atoms with Crippen LogP contribution in [0, 0.1) is 0 Å². The van der Waals surface area contributed by atoms with Crippen molar-refractivity contribution < 1.29 is 4.79 Å². The van der Waals surface area contributed by atoms with Crippen LogP contribution in [0.5, 0.6) is 0 Å². The molecule has 0 N–H and O–H groups in total. The number of amides is 1. The minimum absolute atomic E-state index is 0.155. The highest BCUT2D eigenvalue weighted by Crippen LogP contribution is 2.28. The van der Waals surface area contributed by atoms with E-state index in [0.717, 1.165) is 6.42 Å². The Morgan fingerprint density at radius 1 is 1.00 bits per heavy atom. The number of benzene rings is 2. The molecule has 1 aromatic heterocycles. The number of fused-ring (bicyclic) bond motifs is 1. The second kappa shape index (κ2) is 7.26. The van der Waals surface area contributed by atoms with Crippen LogP contribution in [0.2, 0.25) is 0 Å². The van der Waals surface area contributed by atoms with Crippen molar-refractivity contribution >= 4 is 16.7 Å². The Hall–Kier alpha value is -2.68. The zero-order valence-corrected chi connectivity index (χ0v) is 14.1. The third kappa shape index (κ3) is 3.80. The van der Waals surface area contributed by atoms with Gasteiger partial charge in [0.05, 0.1) is 0 Å². The number of carbonyl (C=O) groups excluding carboxylic acids is 1. The van der Waals surface area contributed by atoms with Gasteiger partial charge in [-0.15, -0.1) is 0 Å². The molecule has 24 heavy (non-hydrogen) atoms. The van der Waals surface area contributed by atoms with Crippen molar-refractivity contribution in [2.75, 3.05) is 14.1 Å². The molecule has 0 saturated carbocycles. The predicted molar refractivity (Wildman–Crippen MR) is 97.9 cm³/mol. The van der Waals surface area contributed by atoms with Crippen LogP contribution in [-0.4, -0.2) is 29.9 Å². The van der Waals surface area contributed by atoms with Gasteiger partial charge in [-0.3, -0.25) is 9.78 Å². The van der Waals surface area contributed by atoms with Gasteiger partial charge in [-0.2, -0.15) is 0 Å². The van der Waals surface area contributed by atoms with Crippen molar-refractivity contribution in [1.82, 2.24) is 9.88 Å². The Bertz CT molecular complexity index is 827. The van der Waals surface area contributed by atoms with E-state index in [4.69, 9.17) is 0 Å². The number of pyridine rings is 1. The number of aromatic nitrogens is 1. The Morgan fingerprint density at radius 2 is 1.71 bits per heavy atom. The molecule has 122 valence electrons. The Kier molecular flexibility index (Phi) is 4.90. The quantitative estimate of drug-likeness (QED) is 0.711. The zero-order chi connectivity index (χ0) is 16.9. The minimum Gasteiger partial charge on any atom is -0.349 e. The summed E-state index contributed by atoms with van der Waals surface area (Å²) < 4.78 is 0. The fourth-order valence-electron chi connectivity index (χ4n) is 2.97. The molecule has 3 rings (SSSR count). The molecule has 0 aliphatic rings. The lowest BCUT2D eigenvalue weighted by Crippen LogP contribution is -2.24. The molecule has 2 aromatic carbocycles. The SMILES string of the molecule is CN(C)C(=O)CC(Cc1ccncc1)c1ccc2ccccc2c1. The van der Waals surface area contributed by atoms with Crippen molar-refractivity contribution in [2.24, 2.45) is 0 Å². The molecule has 3 nitrogen and oxygen atoms in total. The van der Waals surface area contributed by atoms with Gasteiger partial charge in [0.25, 0.3) is 0 Å². The largest absolute Gasteiger partial charge is 0.349 e. The first-order valence-electron chi connectivity index (χ1n) is 8.21. The number of rotatable bonds is 5. The molecule has 0 aliphatic heterocycles. The monoisotopic (exact) mass is 318 g/mol. The minimum atomic E-state index is 0.155. The van der Waals surface area contributed by atoms with Crippen molar-refractivity contribution in [3.05, 3.63) is 78.1 Å². The lowest BCUT2D eigenvalue weighted by molar-refractivity contribution is -0.129. The second-order valence-electron chi connectivity index (χ2n) is 6.36. The summed E-state index contributed by atoms with van der Waals surface area (Å²) in [6.07, 6.45) is 4.95. The summed E-state index contributed by atoms with van der Waals surface area (Å²) in [6.45, 7) is 0. The predicted octanol–water partition coefficient (Wildman–Crippen LogP) is 4.04. The number of carbonyl (C=O) groups is 1. The molecular weight excluding hydrogens is 296 g/mol. The molecule has 3 heteroatoms.